The van der Waals surface area contributed by atoms with E-state index < -0.39 is 31.8 Å². The van der Waals surface area contributed by atoms with Crippen molar-refractivity contribution >= 4 is 37.1 Å². The van der Waals surface area contributed by atoms with Gasteiger partial charge < -0.3 is 5.32 Å². The quantitative estimate of drug-likeness (QED) is 0.765. The second kappa shape index (κ2) is 7.11. The average molecular weight is 395 g/mol. The highest BCUT2D eigenvalue weighted by molar-refractivity contribution is 7.91. The minimum atomic E-state index is -3.75. The summed E-state index contributed by atoms with van der Waals surface area (Å²) in [6, 6.07) is 1.17. The maximum atomic E-state index is 12.7. The van der Waals surface area contributed by atoms with Crippen molar-refractivity contribution in [3.8, 4) is 0 Å². The fraction of sp³-hybridized carbons (Fsp3) is 0.643. The number of rotatable bonds is 6. The van der Waals surface area contributed by atoms with Gasteiger partial charge in [-0.1, -0.05) is 6.92 Å². The molecule has 1 aliphatic heterocycles. The third-order valence-electron chi connectivity index (χ3n) is 3.88. The number of nitrogens with zero attached hydrogens (tertiary/aromatic N) is 1. The van der Waals surface area contributed by atoms with E-state index in [2.05, 4.69) is 5.32 Å². The van der Waals surface area contributed by atoms with Crippen LogP contribution in [-0.4, -0.2) is 57.7 Å². The third-order valence-corrected chi connectivity index (χ3v) is 8.79. The number of sulfonamides is 1. The first-order valence-corrected chi connectivity index (χ1v) is 11.7. The summed E-state index contributed by atoms with van der Waals surface area (Å²) < 4.78 is 49.4. The van der Waals surface area contributed by atoms with Gasteiger partial charge in [-0.2, -0.15) is 4.31 Å². The minimum absolute atomic E-state index is 0.0567. The molecule has 2 heterocycles. The average Bonchev–Trinajstić information content (AvgIpc) is 2.97. The lowest BCUT2D eigenvalue weighted by atomic mass is 10.2. The molecule has 1 atom stereocenters. The molecule has 136 valence electrons. The first kappa shape index (κ1) is 19.4. The molecule has 10 heteroatoms. The van der Waals surface area contributed by atoms with Crippen molar-refractivity contribution in [1.82, 2.24) is 9.62 Å². The van der Waals surface area contributed by atoms with Gasteiger partial charge in [0.25, 0.3) is 0 Å². The van der Waals surface area contributed by atoms with Crippen LogP contribution < -0.4 is 5.32 Å². The summed E-state index contributed by atoms with van der Waals surface area (Å²) in [6.07, 6.45) is 0.371. The lowest BCUT2D eigenvalue weighted by Crippen LogP contribution is -2.44. The Balaban J connectivity index is 2.08. The molecule has 1 aliphatic rings. The standard InChI is InChI=1S/C14H22N2O5S3/c1-4-16(24(20,21)13-7-10(2)22-11(13)3)8-14(17)15-12-5-6-23(18,19)9-12/h7,12H,4-6,8-9H2,1-3H3,(H,15,17)/t12-/m1/s1. The fourth-order valence-electron chi connectivity index (χ4n) is 2.71. The van der Waals surface area contributed by atoms with Crippen LogP contribution in [0.1, 0.15) is 23.1 Å². The van der Waals surface area contributed by atoms with Gasteiger partial charge in [0.05, 0.1) is 22.9 Å². The molecule has 0 bridgehead atoms. The number of hydrogen-bond donors (Lipinski definition) is 1. The topological polar surface area (TPSA) is 101 Å². The maximum absolute atomic E-state index is 12.7. The Morgan fingerprint density at radius 3 is 2.54 bits per heavy atom. The van der Waals surface area contributed by atoms with Gasteiger partial charge in [0, 0.05) is 22.3 Å². The van der Waals surface area contributed by atoms with Crippen LogP contribution in [0.2, 0.25) is 0 Å². The second-order valence-corrected chi connectivity index (χ2v) is 11.5. The first-order chi connectivity index (χ1) is 11.0. The molecule has 1 saturated heterocycles. The van der Waals surface area contributed by atoms with E-state index in [1.807, 2.05) is 6.92 Å². The molecule has 0 aromatic carbocycles. The van der Waals surface area contributed by atoms with Crippen LogP contribution in [0.25, 0.3) is 0 Å². The molecule has 1 aromatic rings. The lowest BCUT2D eigenvalue weighted by molar-refractivity contribution is -0.121. The molecule has 2 rings (SSSR count). The molecule has 0 unspecified atom stereocenters. The number of carbonyl (C=O) groups is 1. The van der Waals surface area contributed by atoms with Gasteiger partial charge in [0.2, 0.25) is 15.9 Å². The summed E-state index contributed by atoms with van der Waals surface area (Å²) >= 11 is 1.40. The van der Waals surface area contributed by atoms with Crippen molar-refractivity contribution in [1.29, 1.82) is 0 Å². The van der Waals surface area contributed by atoms with Gasteiger partial charge >= 0.3 is 0 Å². The molecule has 1 aromatic heterocycles. The van der Waals surface area contributed by atoms with Crippen LogP contribution in [0.3, 0.4) is 0 Å². The number of amides is 1. The first-order valence-electron chi connectivity index (χ1n) is 7.62. The largest absolute Gasteiger partial charge is 0.351 e. The molecule has 0 spiro atoms. The molecule has 0 saturated carbocycles. The highest BCUT2D eigenvalue weighted by Gasteiger charge is 2.31. The van der Waals surface area contributed by atoms with Crippen LogP contribution in [-0.2, 0) is 24.7 Å². The number of nitrogens with one attached hydrogen (secondary N) is 1. The fourth-order valence-corrected chi connectivity index (χ4v) is 7.31. The lowest BCUT2D eigenvalue weighted by Gasteiger charge is -2.21. The van der Waals surface area contributed by atoms with Gasteiger partial charge in [-0.15, -0.1) is 11.3 Å². The number of sulfone groups is 1. The summed E-state index contributed by atoms with van der Waals surface area (Å²) in [6.45, 7) is 5.08. The van der Waals surface area contributed by atoms with Crippen molar-refractivity contribution in [3.63, 3.8) is 0 Å². The molecule has 1 amide bonds. The predicted octanol–water partition coefficient (Wildman–Crippen LogP) is 0.679. The molecular formula is C14H22N2O5S3. The maximum Gasteiger partial charge on any atom is 0.244 e. The zero-order valence-electron chi connectivity index (χ0n) is 13.9. The van der Waals surface area contributed by atoms with Crippen LogP contribution in [0, 0.1) is 13.8 Å². The van der Waals surface area contributed by atoms with E-state index in [-0.39, 0.29) is 29.5 Å². The van der Waals surface area contributed by atoms with Crippen LogP contribution in [0.4, 0.5) is 0 Å². The summed E-state index contributed by atoms with van der Waals surface area (Å²) in [5.41, 5.74) is 0. The van der Waals surface area contributed by atoms with E-state index in [1.54, 1.807) is 19.9 Å². The molecule has 24 heavy (non-hydrogen) atoms. The van der Waals surface area contributed by atoms with Gasteiger partial charge in [-0.3, -0.25) is 4.79 Å². The summed E-state index contributed by atoms with van der Waals surface area (Å²) in [4.78, 5) is 13.9. The van der Waals surface area contributed by atoms with Gasteiger partial charge in [0.1, 0.15) is 0 Å². The van der Waals surface area contributed by atoms with E-state index in [4.69, 9.17) is 0 Å². The molecule has 0 radical (unpaired) electrons. The number of thiophene rings is 1. The summed E-state index contributed by atoms with van der Waals surface area (Å²) in [5, 5.41) is 2.62. The number of carbonyl (C=O) groups excluding carboxylic acids is 1. The Bertz CT molecular complexity index is 827. The Morgan fingerprint density at radius 2 is 2.08 bits per heavy atom. The molecule has 0 aliphatic carbocycles. The van der Waals surface area contributed by atoms with Gasteiger partial charge in [-0.05, 0) is 26.3 Å². The van der Waals surface area contributed by atoms with E-state index >= 15 is 0 Å². The second-order valence-electron chi connectivity index (χ2n) is 5.88. The minimum Gasteiger partial charge on any atom is -0.351 e. The number of hydrogen-bond acceptors (Lipinski definition) is 6. The van der Waals surface area contributed by atoms with Crippen LogP contribution in [0.15, 0.2) is 11.0 Å². The van der Waals surface area contributed by atoms with E-state index in [9.17, 15) is 21.6 Å². The van der Waals surface area contributed by atoms with Gasteiger partial charge in [-0.25, -0.2) is 16.8 Å². The monoisotopic (exact) mass is 394 g/mol. The molecule has 1 N–H and O–H groups in total. The third kappa shape index (κ3) is 4.35. The molecule has 1 fully saturated rings. The van der Waals surface area contributed by atoms with Gasteiger partial charge in [0.15, 0.2) is 9.84 Å². The highest BCUT2D eigenvalue weighted by Crippen LogP contribution is 2.27. The van der Waals surface area contributed by atoms with E-state index in [0.29, 0.717) is 11.3 Å². The SMILES string of the molecule is CCN(CC(=O)N[C@@H]1CCS(=O)(=O)C1)S(=O)(=O)c1cc(C)sc1C. The van der Waals surface area contributed by atoms with E-state index in [0.717, 1.165) is 9.18 Å². The van der Waals surface area contributed by atoms with Crippen molar-refractivity contribution in [2.24, 2.45) is 0 Å². The summed E-state index contributed by atoms with van der Waals surface area (Å²) in [7, 11) is -6.84. The number of likely N-dealkylation sites (N-methyl/N-ethyl adjacent to an activating group) is 1. The smallest absolute Gasteiger partial charge is 0.244 e. The zero-order valence-corrected chi connectivity index (χ0v) is 16.4. The van der Waals surface area contributed by atoms with Crippen molar-refractivity contribution in [2.75, 3.05) is 24.6 Å². The van der Waals surface area contributed by atoms with E-state index in [1.165, 1.54) is 11.3 Å². The summed E-state index contributed by atoms with van der Waals surface area (Å²) in [5.74, 6) is -0.506. The van der Waals surface area contributed by atoms with Crippen LogP contribution >= 0.6 is 11.3 Å². The van der Waals surface area contributed by atoms with Crippen molar-refractivity contribution < 1.29 is 21.6 Å². The zero-order chi connectivity index (χ0) is 18.1. The normalized spacial score (nSPS) is 20.4. The van der Waals surface area contributed by atoms with Crippen molar-refractivity contribution in [2.45, 2.75) is 38.1 Å². The molecular weight excluding hydrogens is 372 g/mol. The van der Waals surface area contributed by atoms with Crippen LogP contribution in [0.5, 0.6) is 0 Å². The molecule has 7 nitrogen and oxygen atoms in total. The Labute approximate surface area is 147 Å². The number of aryl methyl sites for hydroxylation is 2. The Hall–Kier alpha value is -0.970. The Kier molecular flexibility index (Phi) is 5.73. The van der Waals surface area contributed by atoms with Crippen molar-refractivity contribution in [3.05, 3.63) is 15.8 Å². The predicted molar refractivity (Wildman–Crippen MR) is 93.4 cm³/mol. The highest BCUT2D eigenvalue weighted by atomic mass is 32.2. The Morgan fingerprint density at radius 1 is 1.42 bits per heavy atom.